The fraction of sp³-hybridized carbons (Fsp3) is 0.556. The number of halogens is 1. The summed E-state index contributed by atoms with van der Waals surface area (Å²) in [5.74, 6) is 0.712. The summed E-state index contributed by atoms with van der Waals surface area (Å²) < 4.78 is 5.47. The van der Waals surface area contributed by atoms with Crippen LogP contribution in [0.1, 0.15) is 6.42 Å². The van der Waals surface area contributed by atoms with E-state index in [1.54, 1.807) is 12.2 Å². The largest absolute Gasteiger partial charge is 0.389 e. The number of hydrogen-bond acceptors (Lipinski definition) is 4. The first-order valence-corrected chi connectivity index (χ1v) is 5.01. The van der Waals surface area contributed by atoms with Crippen LogP contribution in [0, 0.1) is 0 Å². The van der Waals surface area contributed by atoms with Crippen molar-refractivity contribution < 1.29 is 4.74 Å². The molecule has 0 aliphatic carbocycles. The van der Waals surface area contributed by atoms with Crippen molar-refractivity contribution in [2.45, 2.75) is 18.6 Å². The molecule has 14 heavy (non-hydrogen) atoms. The summed E-state index contributed by atoms with van der Waals surface area (Å²) in [6.45, 7) is 1.66. The van der Waals surface area contributed by atoms with E-state index < -0.39 is 0 Å². The van der Waals surface area contributed by atoms with Crippen LogP contribution in [-0.4, -0.2) is 30.2 Å². The summed E-state index contributed by atoms with van der Waals surface area (Å²) in [5.41, 5.74) is 11.2. The third-order valence-corrected chi connectivity index (χ3v) is 2.77. The second-order valence-corrected chi connectivity index (χ2v) is 4.08. The van der Waals surface area contributed by atoms with Crippen LogP contribution in [-0.2, 0) is 4.74 Å². The fourth-order valence-electron chi connectivity index (χ4n) is 1.98. The highest BCUT2D eigenvalue weighted by Crippen LogP contribution is 2.29. The molecule has 0 saturated carbocycles. The number of nitrogens with zero attached hydrogens (tertiary/aromatic N) is 1. The monoisotopic (exact) mass is 215 g/mol. The molecule has 2 aliphatic heterocycles. The SMILES string of the molecule is N/C(Cl)=C\C=C(/N)N1CC2CC1CO2. The average Bonchev–Trinajstić information content (AvgIpc) is 2.74. The molecule has 4 nitrogen and oxygen atoms in total. The molecule has 0 aromatic carbocycles. The first-order chi connectivity index (χ1) is 6.66. The van der Waals surface area contributed by atoms with Crippen LogP contribution in [0.15, 0.2) is 23.1 Å². The molecule has 2 fully saturated rings. The normalized spacial score (nSPS) is 32.8. The van der Waals surface area contributed by atoms with Gasteiger partial charge in [0.1, 0.15) is 0 Å². The Morgan fingerprint density at radius 2 is 2.21 bits per heavy atom. The topological polar surface area (TPSA) is 64.5 Å². The summed E-state index contributed by atoms with van der Waals surface area (Å²) in [7, 11) is 0. The molecule has 2 aliphatic rings. The zero-order chi connectivity index (χ0) is 10.1. The van der Waals surface area contributed by atoms with E-state index in [0.29, 0.717) is 18.0 Å². The van der Waals surface area contributed by atoms with E-state index in [0.717, 1.165) is 19.6 Å². The van der Waals surface area contributed by atoms with E-state index in [2.05, 4.69) is 4.90 Å². The van der Waals surface area contributed by atoms with Gasteiger partial charge in [-0.15, -0.1) is 0 Å². The van der Waals surface area contributed by atoms with E-state index in [9.17, 15) is 0 Å². The van der Waals surface area contributed by atoms with Crippen molar-refractivity contribution in [2.24, 2.45) is 11.5 Å². The molecular formula is C9H14ClN3O. The highest BCUT2D eigenvalue weighted by atomic mass is 35.5. The van der Waals surface area contributed by atoms with Gasteiger partial charge in [-0.3, -0.25) is 0 Å². The van der Waals surface area contributed by atoms with Crippen molar-refractivity contribution in [1.29, 1.82) is 0 Å². The predicted octanol–water partition coefficient (Wildman–Crippen LogP) is 0.298. The molecule has 5 heteroatoms. The van der Waals surface area contributed by atoms with Crippen LogP contribution >= 0.6 is 11.6 Å². The number of hydrogen-bond donors (Lipinski definition) is 2. The maximum absolute atomic E-state index is 5.89. The summed E-state index contributed by atoms with van der Waals surface area (Å²) in [6, 6.07) is 0.432. The van der Waals surface area contributed by atoms with E-state index in [4.69, 9.17) is 27.8 Å². The van der Waals surface area contributed by atoms with Gasteiger partial charge in [-0.1, -0.05) is 11.6 Å². The van der Waals surface area contributed by atoms with Crippen molar-refractivity contribution in [3.8, 4) is 0 Å². The van der Waals surface area contributed by atoms with Crippen LogP contribution < -0.4 is 11.5 Å². The molecule has 0 aromatic rings. The van der Waals surface area contributed by atoms with Crippen LogP contribution in [0.2, 0.25) is 0 Å². The lowest BCUT2D eigenvalue weighted by atomic mass is 10.2. The summed E-state index contributed by atoms with van der Waals surface area (Å²) in [6.07, 6.45) is 4.77. The van der Waals surface area contributed by atoms with Crippen LogP contribution in [0.3, 0.4) is 0 Å². The molecule has 2 saturated heterocycles. The first-order valence-electron chi connectivity index (χ1n) is 4.63. The quantitative estimate of drug-likeness (QED) is 0.514. The lowest BCUT2D eigenvalue weighted by Crippen LogP contribution is -2.38. The number of likely N-dealkylation sites (tertiary alicyclic amines) is 1. The Labute approximate surface area is 88.1 Å². The van der Waals surface area contributed by atoms with Gasteiger partial charge in [-0.05, 0) is 18.6 Å². The van der Waals surface area contributed by atoms with Crippen LogP contribution in [0.25, 0.3) is 0 Å². The Balaban J connectivity index is 2.02. The molecule has 0 amide bonds. The van der Waals surface area contributed by atoms with Gasteiger partial charge in [0, 0.05) is 6.54 Å². The Bertz CT molecular complexity index is 286. The molecule has 2 heterocycles. The van der Waals surface area contributed by atoms with E-state index >= 15 is 0 Å². The molecule has 4 N–H and O–H groups in total. The lowest BCUT2D eigenvalue weighted by molar-refractivity contribution is 0.0439. The van der Waals surface area contributed by atoms with Gasteiger partial charge in [0.05, 0.1) is 29.7 Å². The standard InChI is InChI=1S/C9H14ClN3O/c10-8(11)1-2-9(12)13-4-7-3-6(13)5-14-7/h1-2,6-7H,3-5,11-12H2/b8-1-,9-2+. The molecule has 2 atom stereocenters. The number of ether oxygens (including phenoxy) is 1. The number of allylic oxidation sites excluding steroid dienone is 2. The number of rotatable bonds is 2. The zero-order valence-corrected chi connectivity index (χ0v) is 8.57. The summed E-state index contributed by atoms with van der Waals surface area (Å²) in [4.78, 5) is 2.14. The highest BCUT2D eigenvalue weighted by Gasteiger charge is 2.39. The van der Waals surface area contributed by atoms with Crippen molar-refractivity contribution in [3.05, 3.63) is 23.1 Å². The zero-order valence-electron chi connectivity index (χ0n) is 7.82. The fourth-order valence-corrected chi connectivity index (χ4v) is 2.04. The second-order valence-electron chi connectivity index (χ2n) is 3.64. The minimum atomic E-state index is 0.244. The maximum atomic E-state index is 5.89. The molecule has 78 valence electrons. The van der Waals surface area contributed by atoms with Crippen molar-refractivity contribution >= 4 is 11.6 Å². The van der Waals surface area contributed by atoms with E-state index in [1.807, 2.05) is 0 Å². The predicted molar refractivity (Wildman–Crippen MR) is 55.2 cm³/mol. The van der Waals surface area contributed by atoms with Crippen LogP contribution in [0.4, 0.5) is 0 Å². The molecule has 2 bridgehead atoms. The Morgan fingerprint density at radius 3 is 2.71 bits per heavy atom. The van der Waals surface area contributed by atoms with Gasteiger partial charge in [0.15, 0.2) is 0 Å². The molecule has 0 spiro atoms. The first kappa shape index (κ1) is 9.68. The van der Waals surface area contributed by atoms with Crippen molar-refractivity contribution in [2.75, 3.05) is 13.2 Å². The van der Waals surface area contributed by atoms with Gasteiger partial charge >= 0.3 is 0 Å². The number of morpholine rings is 1. The molecular weight excluding hydrogens is 202 g/mol. The second kappa shape index (κ2) is 3.71. The molecule has 0 radical (unpaired) electrons. The van der Waals surface area contributed by atoms with Gasteiger partial charge in [0.2, 0.25) is 0 Å². The van der Waals surface area contributed by atoms with Gasteiger partial charge in [-0.25, -0.2) is 0 Å². The third-order valence-electron chi connectivity index (χ3n) is 2.65. The maximum Gasteiger partial charge on any atom is 0.0993 e. The lowest BCUT2D eigenvalue weighted by Gasteiger charge is -2.28. The Kier molecular flexibility index (Phi) is 2.56. The molecule has 2 unspecified atom stereocenters. The average molecular weight is 216 g/mol. The van der Waals surface area contributed by atoms with Gasteiger partial charge in [0.25, 0.3) is 0 Å². The third kappa shape index (κ3) is 1.81. The van der Waals surface area contributed by atoms with Crippen LogP contribution in [0.5, 0.6) is 0 Å². The minimum absolute atomic E-state index is 0.244. The molecule has 0 aromatic heterocycles. The summed E-state index contributed by atoms with van der Waals surface area (Å²) >= 11 is 5.50. The Morgan fingerprint density at radius 1 is 1.43 bits per heavy atom. The van der Waals surface area contributed by atoms with Gasteiger partial charge in [-0.2, -0.15) is 0 Å². The minimum Gasteiger partial charge on any atom is -0.389 e. The number of fused-ring (bicyclic) bond motifs is 2. The van der Waals surface area contributed by atoms with E-state index in [1.165, 1.54) is 0 Å². The Hall–Kier alpha value is -0.870. The van der Waals surface area contributed by atoms with Crippen molar-refractivity contribution in [1.82, 2.24) is 4.90 Å². The highest BCUT2D eigenvalue weighted by molar-refractivity contribution is 6.29. The van der Waals surface area contributed by atoms with Gasteiger partial charge < -0.3 is 21.1 Å². The number of nitrogens with two attached hydrogens (primary N) is 2. The molecule has 2 rings (SSSR count). The summed E-state index contributed by atoms with van der Waals surface area (Å²) in [5, 5.41) is 0.244. The smallest absolute Gasteiger partial charge is 0.0993 e. The van der Waals surface area contributed by atoms with E-state index in [-0.39, 0.29) is 5.16 Å². The van der Waals surface area contributed by atoms with Crippen molar-refractivity contribution in [3.63, 3.8) is 0 Å².